The first-order valence-corrected chi connectivity index (χ1v) is 7.84. The molecule has 0 radical (unpaired) electrons. The number of carbonyl (C=O) groups is 1. The predicted molar refractivity (Wildman–Crippen MR) is 93.2 cm³/mol. The van der Waals surface area contributed by atoms with Crippen LogP contribution in [0.2, 0.25) is 0 Å². The summed E-state index contributed by atoms with van der Waals surface area (Å²) in [7, 11) is 3.16. The maximum Gasteiger partial charge on any atom is 0.257 e. The van der Waals surface area contributed by atoms with Crippen LogP contribution in [0.3, 0.4) is 0 Å². The first kappa shape index (κ1) is 16.8. The number of benzene rings is 1. The van der Waals surface area contributed by atoms with E-state index in [0.717, 1.165) is 17.0 Å². The molecule has 0 saturated carbocycles. The van der Waals surface area contributed by atoms with E-state index in [2.05, 4.69) is 15.4 Å². The van der Waals surface area contributed by atoms with Crippen molar-refractivity contribution in [3.8, 4) is 11.5 Å². The summed E-state index contributed by atoms with van der Waals surface area (Å²) in [6.45, 7) is 4.19. The van der Waals surface area contributed by atoms with Gasteiger partial charge in [-0.25, -0.2) is 9.50 Å². The Balaban J connectivity index is 1.79. The molecule has 0 aliphatic heterocycles. The molecule has 1 N–H and O–H groups in total. The van der Waals surface area contributed by atoms with E-state index in [9.17, 15) is 4.79 Å². The van der Waals surface area contributed by atoms with Crippen LogP contribution in [0.4, 0.5) is 0 Å². The smallest absolute Gasteiger partial charge is 0.257 e. The minimum atomic E-state index is -0.220. The van der Waals surface area contributed by atoms with E-state index in [-0.39, 0.29) is 5.91 Å². The highest BCUT2D eigenvalue weighted by Gasteiger charge is 2.15. The number of aromatic nitrogens is 3. The second-order valence-electron chi connectivity index (χ2n) is 5.70. The zero-order valence-electron chi connectivity index (χ0n) is 14.7. The van der Waals surface area contributed by atoms with Gasteiger partial charge in [0.1, 0.15) is 5.56 Å². The third-order valence-corrected chi connectivity index (χ3v) is 3.92. The van der Waals surface area contributed by atoms with Crippen molar-refractivity contribution < 1.29 is 14.3 Å². The molecule has 2 aromatic heterocycles. The van der Waals surface area contributed by atoms with Crippen molar-refractivity contribution in [3.05, 3.63) is 53.0 Å². The van der Waals surface area contributed by atoms with Crippen molar-refractivity contribution in [1.82, 2.24) is 19.9 Å². The summed E-state index contributed by atoms with van der Waals surface area (Å²) < 4.78 is 12.2. The number of carbonyl (C=O) groups excluding carboxylic acids is 1. The number of rotatable bonds is 5. The fourth-order valence-corrected chi connectivity index (χ4v) is 2.70. The van der Waals surface area contributed by atoms with Gasteiger partial charge in [-0.05, 0) is 37.6 Å². The SMILES string of the molecule is COc1ccc(CNC(=O)c2cnn3c(C)cc(C)nc23)cc1OC. The van der Waals surface area contributed by atoms with E-state index < -0.39 is 0 Å². The van der Waals surface area contributed by atoms with Crippen LogP contribution in [-0.4, -0.2) is 34.7 Å². The zero-order valence-corrected chi connectivity index (χ0v) is 14.7. The predicted octanol–water partition coefficient (Wildman–Crippen LogP) is 2.29. The molecule has 0 bridgehead atoms. The van der Waals surface area contributed by atoms with Crippen molar-refractivity contribution in [3.63, 3.8) is 0 Å². The van der Waals surface area contributed by atoms with Gasteiger partial charge in [-0.15, -0.1) is 0 Å². The molecule has 25 heavy (non-hydrogen) atoms. The van der Waals surface area contributed by atoms with Crippen molar-refractivity contribution in [2.75, 3.05) is 14.2 Å². The summed E-state index contributed by atoms with van der Waals surface area (Å²) in [5.41, 5.74) is 3.69. The summed E-state index contributed by atoms with van der Waals surface area (Å²) in [4.78, 5) is 17.0. The fourth-order valence-electron chi connectivity index (χ4n) is 2.70. The first-order chi connectivity index (χ1) is 12.0. The molecule has 7 heteroatoms. The Hall–Kier alpha value is -3.09. The van der Waals surface area contributed by atoms with E-state index in [0.29, 0.717) is 29.3 Å². The standard InChI is InChI=1S/C18H20N4O3/c1-11-7-12(2)22-17(21-11)14(10-20-22)18(23)19-9-13-5-6-15(24-3)16(8-13)25-4/h5-8,10H,9H2,1-4H3,(H,19,23). The van der Waals surface area contributed by atoms with Crippen LogP contribution in [0.1, 0.15) is 27.3 Å². The molecule has 0 unspecified atom stereocenters. The Morgan fingerprint density at radius 1 is 1.16 bits per heavy atom. The van der Waals surface area contributed by atoms with E-state index in [1.165, 1.54) is 0 Å². The molecule has 3 rings (SSSR count). The average molecular weight is 340 g/mol. The third kappa shape index (κ3) is 3.26. The number of fused-ring (bicyclic) bond motifs is 1. The number of methoxy groups -OCH3 is 2. The molecule has 1 aromatic carbocycles. The monoisotopic (exact) mass is 340 g/mol. The summed E-state index contributed by atoms with van der Waals surface area (Å²) in [5.74, 6) is 1.05. The fraction of sp³-hybridized carbons (Fsp3) is 0.278. The van der Waals surface area contributed by atoms with Crippen molar-refractivity contribution in [2.24, 2.45) is 0 Å². The summed E-state index contributed by atoms with van der Waals surface area (Å²) >= 11 is 0. The van der Waals surface area contributed by atoms with Gasteiger partial charge in [0.2, 0.25) is 0 Å². The second-order valence-corrected chi connectivity index (χ2v) is 5.70. The minimum absolute atomic E-state index is 0.220. The molecule has 0 saturated heterocycles. The first-order valence-electron chi connectivity index (χ1n) is 7.84. The molecule has 0 aliphatic rings. The van der Waals surface area contributed by atoms with Gasteiger partial charge in [0.15, 0.2) is 17.1 Å². The Labute approximate surface area is 145 Å². The molecular formula is C18H20N4O3. The van der Waals surface area contributed by atoms with E-state index >= 15 is 0 Å². The largest absolute Gasteiger partial charge is 0.493 e. The topological polar surface area (TPSA) is 77.8 Å². The molecule has 0 spiro atoms. The molecule has 3 aromatic rings. The van der Waals surface area contributed by atoms with Gasteiger partial charge in [-0.2, -0.15) is 5.10 Å². The molecule has 2 heterocycles. The van der Waals surface area contributed by atoms with Crippen molar-refractivity contribution >= 4 is 11.6 Å². The number of nitrogens with one attached hydrogen (secondary N) is 1. The van der Waals surface area contributed by atoms with Crippen LogP contribution >= 0.6 is 0 Å². The van der Waals surface area contributed by atoms with Crippen molar-refractivity contribution in [2.45, 2.75) is 20.4 Å². The van der Waals surface area contributed by atoms with Crippen molar-refractivity contribution in [1.29, 1.82) is 0 Å². The normalized spacial score (nSPS) is 10.7. The number of amides is 1. The minimum Gasteiger partial charge on any atom is -0.493 e. The maximum atomic E-state index is 12.5. The lowest BCUT2D eigenvalue weighted by atomic mass is 10.2. The highest BCUT2D eigenvalue weighted by Crippen LogP contribution is 2.27. The zero-order chi connectivity index (χ0) is 18.0. The Morgan fingerprint density at radius 2 is 1.92 bits per heavy atom. The lowest BCUT2D eigenvalue weighted by Crippen LogP contribution is -2.23. The third-order valence-electron chi connectivity index (χ3n) is 3.92. The van der Waals surface area contributed by atoms with Crippen LogP contribution in [0.15, 0.2) is 30.5 Å². The summed E-state index contributed by atoms with van der Waals surface area (Å²) in [5, 5.41) is 7.13. The highest BCUT2D eigenvalue weighted by atomic mass is 16.5. The maximum absolute atomic E-state index is 12.5. The quantitative estimate of drug-likeness (QED) is 0.771. The van der Waals surface area contributed by atoms with Crippen LogP contribution in [0, 0.1) is 13.8 Å². The van der Waals surface area contributed by atoms with Gasteiger partial charge >= 0.3 is 0 Å². The summed E-state index contributed by atoms with van der Waals surface area (Å²) in [6, 6.07) is 7.45. The lowest BCUT2D eigenvalue weighted by molar-refractivity contribution is 0.0952. The Bertz CT molecular complexity index is 933. The van der Waals surface area contributed by atoms with Crippen LogP contribution in [0.25, 0.3) is 5.65 Å². The average Bonchev–Trinajstić information content (AvgIpc) is 3.03. The van der Waals surface area contributed by atoms with E-state index in [4.69, 9.17) is 9.47 Å². The van der Waals surface area contributed by atoms with E-state index in [1.54, 1.807) is 24.9 Å². The number of hydrogen-bond acceptors (Lipinski definition) is 5. The van der Waals surface area contributed by atoms with Crippen LogP contribution in [-0.2, 0) is 6.54 Å². The molecule has 0 aliphatic carbocycles. The molecular weight excluding hydrogens is 320 g/mol. The molecule has 130 valence electrons. The highest BCUT2D eigenvalue weighted by molar-refractivity contribution is 5.99. The Kier molecular flexibility index (Phi) is 4.56. The molecule has 0 atom stereocenters. The summed E-state index contributed by atoms with van der Waals surface area (Å²) in [6.07, 6.45) is 1.54. The van der Waals surface area contributed by atoms with Gasteiger partial charge < -0.3 is 14.8 Å². The van der Waals surface area contributed by atoms with Gasteiger partial charge in [-0.3, -0.25) is 4.79 Å². The van der Waals surface area contributed by atoms with E-state index in [1.807, 2.05) is 38.1 Å². The lowest BCUT2D eigenvalue weighted by Gasteiger charge is -2.10. The number of ether oxygens (including phenoxy) is 2. The molecule has 0 fully saturated rings. The van der Waals surface area contributed by atoms with Gasteiger partial charge in [0.25, 0.3) is 5.91 Å². The van der Waals surface area contributed by atoms with Gasteiger partial charge in [-0.1, -0.05) is 6.07 Å². The number of nitrogens with zero attached hydrogens (tertiary/aromatic N) is 3. The molecule has 7 nitrogen and oxygen atoms in total. The number of hydrogen-bond donors (Lipinski definition) is 1. The Morgan fingerprint density at radius 3 is 2.64 bits per heavy atom. The second kappa shape index (κ2) is 6.80. The van der Waals surface area contributed by atoms with Crippen LogP contribution in [0.5, 0.6) is 11.5 Å². The number of aryl methyl sites for hydroxylation is 2. The van der Waals surface area contributed by atoms with Gasteiger partial charge in [0, 0.05) is 17.9 Å². The van der Waals surface area contributed by atoms with Gasteiger partial charge in [0.05, 0.1) is 20.4 Å². The van der Waals surface area contributed by atoms with Crippen LogP contribution < -0.4 is 14.8 Å². The molecule has 1 amide bonds.